The normalized spacial score (nSPS) is 11.3. The van der Waals surface area contributed by atoms with E-state index in [1.165, 1.54) is 18.2 Å². The van der Waals surface area contributed by atoms with Gasteiger partial charge in [0.25, 0.3) is 15.9 Å². The SMILES string of the molecule is CC(C)CNC(=O)c1cccc(NS(=O)(=O)c2ccc(Br)cc2)c1. The second kappa shape index (κ2) is 7.81. The van der Waals surface area contributed by atoms with Gasteiger partial charge >= 0.3 is 0 Å². The first-order chi connectivity index (χ1) is 11.3. The van der Waals surface area contributed by atoms with Gasteiger partial charge in [0.05, 0.1) is 4.90 Å². The molecule has 0 aliphatic carbocycles. The van der Waals surface area contributed by atoms with Gasteiger partial charge in [0, 0.05) is 22.3 Å². The lowest BCUT2D eigenvalue weighted by atomic mass is 10.1. The summed E-state index contributed by atoms with van der Waals surface area (Å²) < 4.78 is 28.1. The number of anilines is 1. The summed E-state index contributed by atoms with van der Waals surface area (Å²) in [6.45, 7) is 4.57. The smallest absolute Gasteiger partial charge is 0.261 e. The molecule has 24 heavy (non-hydrogen) atoms. The van der Waals surface area contributed by atoms with Crippen molar-refractivity contribution in [2.24, 2.45) is 5.92 Å². The Morgan fingerprint density at radius 2 is 1.79 bits per heavy atom. The number of carbonyl (C=O) groups excluding carboxylic acids is 1. The molecule has 2 aromatic carbocycles. The number of hydrogen-bond acceptors (Lipinski definition) is 3. The molecule has 0 unspecified atom stereocenters. The predicted molar refractivity (Wildman–Crippen MR) is 98.6 cm³/mol. The van der Waals surface area contributed by atoms with Crippen LogP contribution in [0.4, 0.5) is 5.69 Å². The van der Waals surface area contributed by atoms with E-state index in [0.29, 0.717) is 23.7 Å². The van der Waals surface area contributed by atoms with E-state index in [-0.39, 0.29) is 10.8 Å². The predicted octanol–water partition coefficient (Wildman–Crippen LogP) is 3.64. The van der Waals surface area contributed by atoms with Crippen LogP contribution >= 0.6 is 15.9 Å². The largest absolute Gasteiger partial charge is 0.352 e. The van der Waals surface area contributed by atoms with E-state index in [1.807, 2.05) is 13.8 Å². The Hall–Kier alpha value is -1.86. The number of sulfonamides is 1. The molecule has 0 radical (unpaired) electrons. The minimum Gasteiger partial charge on any atom is -0.352 e. The molecule has 128 valence electrons. The monoisotopic (exact) mass is 410 g/mol. The maximum absolute atomic E-state index is 12.4. The zero-order chi connectivity index (χ0) is 17.7. The fraction of sp³-hybridized carbons (Fsp3) is 0.235. The first-order valence-corrected chi connectivity index (χ1v) is 9.72. The molecule has 0 aromatic heterocycles. The van der Waals surface area contributed by atoms with E-state index in [9.17, 15) is 13.2 Å². The highest BCUT2D eigenvalue weighted by Crippen LogP contribution is 2.19. The van der Waals surface area contributed by atoms with Crippen molar-refractivity contribution in [3.8, 4) is 0 Å². The third-order valence-corrected chi connectivity index (χ3v) is 5.10. The Labute approximate surface area is 150 Å². The lowest BCUT2D eigenvalue weighted by Crippen LogP contribution is -2.27. The second-order valence-corrected chi connectivity index (χ2v) is 8.34. The summed E-state index contributed by atoms with van der Waals surface area (Å²) >= 11 is 3.27. The van der Waals surface area contributed by atoms with Gasteiger partial charge in [-0.05, 0) is 48.4 Å². The lowest BCUT2D eigenvalue weighted by Gasteiger charge is -2.11. The molecule has 0 aliphatic heterocycles. The van der Waals surface area contributed by atoms with Crippen molar-refractivity contribution in [2.75, 3.05) is 11.3 Å². The quantitative estimate of drug-likeness (QED) is 0.762. The molecule has 2 aromatic rings. The third kappa shape index (κ3) is 5.07. The Morgan fingerprint density at radius 3 is 2.42 bits per heavy atom. The van der Waals surface area contributed by atoms with Crippen LogP contribution in [-0.4, -0.2) is 20.9 Å². The maximum atomic E-state index is 12.4. The van der Waals surface area contributed by atoms with Gasteiger partial charge in [-0.3, -0.25) is 9.52 Å². The average molecular weight is 411 g/mol. The van der Waals surface area contributed by atoms with Gasteiger partial charge in [-0.25, -0.2) is 8.42 Å². The summed E-state index contributed by atoms with van der Waals surface area (Å²) in [7, 11) is -3.70. The highest BCUT2D eigenvalue weighted by molar-refractivity contribution is 9.10. The summed E-state index contributed by atoms with van der Waals surface area (Å²) in [4.78, 5) is 12.2. The highest BCUT2D eigenvalue weighted by Gasteiger charge is 2.15. The van der Waals surface area contributed by atoms with Crippen molar-refractivity contribution in [1.82, 2.24) is 5.32 Å². The standard InChI is InChI=1S/C17H19BrN2O3S/c1-12(2)11-19-17(21)13-4-3-5-15(10-13)20-24(22,23)16-8-6-14(18)7-9-16/h3-10,12,20H,11H2,1-2H3,(H,19,21). The van der Waals surface area contributed by atoms with Crippen molar-refractivity contribution in [3.05, 3.63) is 58.6 Å². The van der Waals surface area contributed by atoms with E-state index in [1.54, 1.807) is 30.3 Å². The molecule has 0 fully saturated rings. The van der Waals surface area contributed by atoms with E-state index in [2.05, 4.69) is 26.0 Å². The fourth-order valence-corrected chi connectivity index (χ4v) is 3.26. The molecule has 2 rings (SSSR count). The number of halogens is 1. The van der Waals surface area contributed by atoms with Crippen LogP contribution in [0.5, 0.6) is 0 Å². The van der Waals surface area contributed by atoms with E-state index in [4.69, 9.17) is 0 Å². The first-order valence-electron chi connectivity index (χ1n) is 7.44. The fourth-order valence-electron chi connectivity index (χ4n) is 1.95. The summed E-state index contributed by atoms with van der Waals surface area (Å²) in [6.07, 6.45) is 0. The van der Waals surface area contributed by atoms with Crippen molar-refractivity contribution in [1.29, 1.82) is 0 Å². The molecular weight excluding hydrogens is 392 g/mol. The number of nitrogens with one attached hydrogen (secondary N) is 2. The number of rotatable bonds is 6. The summed E-state index contributed by atoms with van der Waals surface area (Å²) in [6, 6.07) is 12.7. The van der Waals surface area contributed by atoms with Crippen molar-refractivity contribution in [2.45, 2.75) is 18.7 Å². The summed E-state index contributed by atoms with van der Waals surface area (Å²) in [5, 5.41) is 2.80. The summed E-state index contributed by atoms with van der Waals surface area (Å²) in [5.41, 5.74) is 0.752. The molecule has 0 aliphatic rings. The zero-order valence-electron chi connectivity index (χ0n) is 13.4. The van der Waals surface area contributed by atoms with Crippen LogP contribution in [0.2, 0.25) is 0 Å². The third-order valence-electron chi connectivity index (χ3n) is 3.17. The number of carbonyl (C=O) groups is 1. The maximum Gasteiger partial charge on any atom is 0.261 e. The Kier molecular flexibility index (Phi) is 6.01. The molecule has 0 spiro atoms. The van der Waals surface area contributed by atoms with Gasteiger partial charge in [0.15, 0.2) is 0 Å². The van der Waals surface area contributed by atoms with Gasteiger partial charge in [-0.1, -0.05) is 35.8 Å². The molecule has 0 bridgehead atoms. The van der Waals surface area contributed by atoms with Gasteiger partial charge in [-0.15, -0.1) is 0 Å². The van der Waals surface area contributed by atoms with E-state index in [0.717, 1.165) is 4.47 Å². The molecule has 0 atom stereocenters. The molecule has 7 heteroatoms. The van der Waals surface area contributed by atoms with Crippen LogP contribution in [0, 0.1) is 5.92 Å². The number of benzene rings is 2. The van der Waals surface area contributed by atoms with Crippen LogP contribution in [0.15, 0.2) is 57.9 Å². The van der Waals surface area contributed by atoms with Crippen LogP contribution in [0.25, 0.3) is 0 Å². The van der Waals surface area contributed by atoms with Crippen molar-refractivity contribution in [3.63, 3.8) is 0 Å². The molecule has 2 N–H and O–H groups in total. The molecular formula is C17H19BrN2O3S. The molecule has 0 saturated heterocycles. The van der Waals surface area contributed by atoms with Gasteiger partial charge in [0.2, 0.25) is 0 Å². The van der Waals surface area contributed by atoms with E-state index >= 15 is 0 Å². The molecule has 0 saturated carbocycles. The Morgan fingerprint density at radius 1 is 1.12 bits per heavy atom. The van der Waals surface area contributed by atoms with Gasteiger partial charge < -0.3 is 5.32 Å². The topological polar surface area (TPSA) is 75.3 Å². The number of hydrogen-bond donors (Lipinski definition) is 2. The van der Waals surface area contributed by atoms with E-state index < -0.39 is 10.0 Å². The molecule has 1 amide bonds. The lowest BCUT2D eigenvalue weighted by molar-refractivity contribution is 0.0949. The van der Waals surface area contributed by atoms with Gasteiger partial charge in [0.1, 0.15) is 0 Å². The Balaban J connectivity index is 2.16. The second-order valence-electron chi connectivity index (χ2n) is 5.74. The zero-order valence-corrected chi connectivity index (χ0v) is 15.8. The van der Waals surface area contributed by atoms with Crippen LogP contribution in [-0.2, 0) is 10.0 Å². The van der Waals surface area contributed by atoms with Crippen LogP contribution < -0.4 is 10.0 Å². The minimum atomic E-state index is -3.70. The highest BCUT2D eigenvalue weighted by atomic mass is 79.9. The van der Waals surface area contributed by atoms with Crippen LogP contribution in [0.1, 0.15) is 24.2 Å². The molecule has 0 heterocycles. The van der Waals surface area contributed by atoms with Gasteiger partial charge in [-0.2, -0.15) is 0 Å². The molecule has 5 nitrogen and oxygen atoms in total. The Bertz CT molecular complexity index is 818. The van der Waals surface area contributed by atoms with Crippen molar-refractivity contribution >= 4 is 37.5 Å². The van der Waals surface area contributed by atoms with Crippen LogP contribution in [0.3, 0.4) is 0 Å². The average Bonchev–Trinajstić information content (AvgIpc) is 2.52. The summed E-state index contributed by atoms with van der Waals surface area (Å²) in [5.74, 6) is 0.112. The number of amides is 1. The minimum absolute atomic E-state index is 0.153. The first kappa shape index (κ1) is 18.5. The van der Waals surface area contributed by atoms with Crippen molar-refractivity contribution < 1.29 is 13.2 Å².